The Morgan fingerprint density at radius 3 is 1.80 bits per heavy atom. The molecule has 2 nitrogen and oxygen atoms in total. The first-order valence-corrected chi connectivity index (χ1v) is 12.4. The maximum absolute atomic E-state index is 5.85. The summed E-state index contributed by atoms with van der Waals surface area (Å²) in [5.41, 5.74) is 1.25. The van der Waals surface area contributed by atoms with Crippen LogP contribution < -0.4 is 10.1 Å². The summed E-state index contributed by atoms with van der Waals surface area (Å²) in [5, 5.41) is 3.77. The molecule has 30 heavy (non-hydrogen) atoms. The third kappa shape index (κ3) is 11.9. The van der Waals surface area contributed by atoms with Gasteiger partial charge in [-0.15, -0.1) is 0 Å². The Morgan fingerprint density at radius 1 is 0.633 bits per heavy atom. The van der Waals surface area contributed by atoms with Crippen LogP contribution in [0, 0.1) is 0 Å². The Kier molecular flexibility index (Phi) is 13.6. The predicted molar refractivity (Wildman–Crippen MR) is 131 cm³/mol. The predicted octanol–water partition coefficient (Wildman–Crippen LogP) is 8.64. The fourth-order valence-corrected chi connectivity index (χ4v) is 3.96. The molecule has 2 aromatic carbocycles. The zero-order valence-corrected chi connectivity index (χ0v) is 19.2. The molecule has 2 aromatic rings. The molecule has 0 aliphatic rings. The second-order valence-electron chi connectivity index (χ2n) is 8.48. The Morgan fingerprint density at radius 2 is 1.17 bits per heavy atom. The normalized spacial score (nSPS) is 11.9. The van der Waals surface area contributed by atoms with Crippen molar-refractivity contribution in [2.45, 2.75) is 96.4 Å². The lowest BCUT2D eigenvalue weighted by Gasteiger charge is -2.20. The summed E-state index contributed by atoms with van der Waals surface area (Å²) in [6.45, 7) is 3.09. The van der Waals surface area contributed by atoms with Crippen molar-refractivity contribution in [1.82, 2.24) is 0 Å². The average molecular weight is 410 g/mol. The molecule has 0 aliphatic heterocycles. The Balaban J connectivity index is 1.61. The van der Waals surface area contributed by atoms with E-state index in [1.54, 1.807) is 0 Å². The summed E-state index contributed by atoms with van der Waals surface area (Å²) in [5.74, 6) is 0.978. The van der Waals surface area contributed by atoms with Gasteiger partial charge in [0, 0.05) is 11.7 Å². The van der Waals surface area contributed by atoms with Crippen LogP contribution in [0.1, 0.15) is 90.4 Å². The topological polar surface area (TPSA) is 21.3 Å². The highest BCUT2D eigenvalue weighted by Crippen LogP contribution is 2.18. The second-order valence-corrected chi connectivity index (χ2v) is 8.48. The van der Waals surface area contributed by atoms with Crippen molar-refractivity contribution in [2.75, 3.05) is 11.9 Å². The van der Waals surface area contributed by atoms with Crippen molar-refractivity contribution >= 4 is 5.69 Å². The highest BCUT2D eigenvalue weighted by molar-refractivity contribution is 5.43. The molecule has 0 heterocycles. The standard InChI is InChI=1S/C28H43NO/c1-2-3-4-5-6-7-8-9-12-19-27(29-26-20-13-10-14-21-26)22-17-18-25-30-28-23-15-11-16-24-28/h10-11,13-16,20-21,23-24,27,29H,2-9,12,17-19,22,25H2,1H3. The molecule has 0 amide bonds. The SMILES string of the molecule is CCCCCCCCCCCC(CCCCOc1ccccc1)Nc1ccccc1. The van der Waals surface area contributed by atoms with Crippen molar-refractivity contribution in [3.8, 4) is 5.75 Å². The lowest BCUT2D eigenvalue weighted by Crippen LogP contribution is -2.19. The zero-order chi connectivity index (χ0) is 21.1. The monoisotopic (exact) mass is 409 g/mol. The van der Waals surface area contributed by atoms with E-state index in [2.05, 4.69) is 42.6 Å². The fraction of sp³-hybridized carbons (Fsp3) is 0.571. The van der Waals surface area contributed by atoms with Crippen molar-refractivity contribution in [3.05, 3.63) is 60.7 Å². The number of para-hydroxylation sites is 2. The zero-order valence-electron chi connectivity index (χ0n) is 19.2. The third-order valence-corrected chi connectivity index (χ3v) is 5.76. The smallest absolute Gasteiger partial charge is 0.119 e. The van der Waals surface area contributed by atoms with Crippen LogP contribution in [-0.2, 0) is 0 Å². The Hall–Kier alpha value is -1.96. The van der Waals surface area contributed by atoms with E-state index in [9.17, 15) is 0 Å². The van der Waals surface area contributed by atoms with Gasteiger partial charge in [0.1, 0.15) is 5.75 Å². The fourth-order valence-electron chi connectivity index (χ4n) is 3.96. The van der Waals surface area contributed by atoms with Crippen LogP contribution >= 0.6 is 0 Å². The van der Waals surface area contributed by atoms with Crippen LogP contribution in [-0.4, -0.2) is 12.6 Å². The van der Waals surface area contributed by atoms with Gasteiger partial charge in [-0.1, -0.05) is 101 Å². The highest BCUT2D eigenvalue weighted by Gasteiger charge is 2.08. The quantitative estimate of drug-likeness (QED) is 0.249. The molecule has 1 unspecified atom stereocenters. The van der Waals surface area contributed by atoms with Gasteiger partial charge >= 0.3 is 0 Å². The van der Waals surface area contributed by atoms with E-state index in [-0.39, 0.29) is 0 Å². The van der Waals surface area contributed by atoms with E-state index >= 15 is 0 Å². The number of benzene rings is 2. The Bertz CT molecular complexity index is 613. The minimum Gasteiger partial charge on any atom is -0.494 e. The third-order valence-electron chi connectivity index (χ3n) is 5.76. The molecule has 0 bridgehead atoms. The van der Waals surface area contributed by atoms with Crippen molar-refractivity contribution in [2.24, 2.45) is 0 Å². The summed E-state index contributed by atoms with van der Waals surface area (Å²) in [6, 6.07) is 21.4. The van der Waals surface area contributed by atoms with E-state index < -0.39 is 0 Å². The van der Waals surface area contributed by atoms with Crippen LogP contribution in [0.15, 0.2) is 60.7 Å². The van der Waals surface area contributed by atoms with Gasteiger partial charge in [-0.05, 0) is 49.9 Å². The number of hydrogen-bond acceptors (Lipinski definition) is 2. The molecule has 0 radical (unpaired) electrons. The van der Waals surface area contributed by atoms with Crippen molar-refractivity contribution in [1.29, 1.82) is 0 Å². The molecular formula is C28H43NO. The number of hydrogen-bond donors (Lipinski definition) is 1. The molecule has 166 valence electrons. The van der Waals surface area contributed by atoms with Gasteiger partial charge in [-0.25, -0.2) is 0 Å². The van der Waals surface area contributed by atoms with E-state index in [4.69, 9.17) is 4.74 Å². The maximum Gasteiger partial charge on any atom is 0.119 e. The Labute approximate surface area is 185 Å². The van der Waals surface area contributed by atoms with Gasteiger partial charge in [0.05, 0.1) is 6.61 Å². The summed E-state index contributed by atoms with van der Waals surface area (Å²) in [6.07, 6.45) is 17.3. The van der Waals surface area contributed by atoms with E-state index in [0.717, 1.165) is 18.8 Å². The molecule has 2 rings (SSSR count). The molecule has 1 N–H and O–H groups in total. The van der Waals surface area contributed by atoms with Gasteiger partial charge < -0.3 is 10.1 Å². The number of unbranched alkanes of at least 4 members (excludes halogenated alkanes) is 9. The van der Waals surface area contributed by atoms with E-state index in [1.807, 2.05) is 30.3 Å². The molecule has 0 fully saturated rings. The lowest BCUT2D eigenvalue weighted by atomic mass is 10.0. The van der Waals surface area contributed by atoms with E-state index in [1.165, 1.54) is 82.7 Å². The van der Waals surface area contributed by atoms with Crippen LogP contribution in [0.2, 0.25) is 0 Å². The van der Waals surface area contributed by atoms with Crippen LogP contribution in [0.4, 0.5) is 5.69 Å². The summed E-state index contributed by atoms with van der Waals surface area (Å²) < 4.78 is 5.85. The lowest BCUT2D eigenvalue weighted by molar-refractivity contribution is 0.303. The number of ether oxygens (including phenoxy) is 1. The minimum atomic E-state index is 0.564. The molecule has 0 saturated heterocycles. The maximum atomic E-state index is 5.85. The summed E-state index contributed by atoms with van der Waals surface area (Å²) in [4.78, 5) is 0. The second kappa shape index (κ2) is 16.8. The molecule has 0 spiro atoms. The van der Waals surface area contributed by atoms with E-state index in [0.29, 0.717) is 6.04 Å². The molecule has 1 atom stereocenters. The summed E-state index contributed by atoms with van der Waals surface area (Å²) in [7, 11) is 0. The average Bonchev–Trinajstić information content (AvgIpc) is 2.79. The molecule has 0 saturated carbocycles. The molecule has 2 heteroatoms. The van der Waals surface area contributed by atoms with Gasteiger partial charge in [-0.3, -0.25) is 0 Å². The minimum absolute atomic E-state index is 0.564. The number of anilines is 1. The van der Waals surface area contributed by atoms with Crippen molar-refractivity contribution < 1.29 is 4.74 Å². The first kappa shape index (κ1) is 24.3. The van der Waals surface area contributed by atoms with Crippen molar-refractivity contribution in [3.63, 3.8) is 0 Å². The summed E-state index contributed by atoms with van der Waals surface area (Å²) >= 11 is 0. The first-order chi connectivity index (χ1) is 14.9. The largest absolute Gasteiger partial charge is 0.494 e. The van der Waals surface area contributed by atoms with Gasteiger partial charge in [0.15, 0.2) is 0 Å². The van der Waals surface area contributed by atoms with Crippen LogP contribution in [0.25, 0.3) is 0 Å². The molecular weight excluding hydrogens is 366 g/mol. The van der Waals surface area contributed by atoms with Crippen LogP contribution in [0.3, 0.4) is 0 Å². The van der Waals surface area contributed by atoms with Gasteiger partial charge in [-0.2, -0.15) is 0 Å². The molecule has 0 aromatic heterocycles. The number of rotatable bonds is 18. The van der Waals surface area contributed by atoms with Crippen LogP contribution in [0.5, 0.6) is 5.75 Å². The highest BCUT2D eigenvalue weighted by atomic mass is 16.5. The first-order valence-electron chi connectivity index (χ1n) is 12.4. The van der Waals surface area contributed by atoms with Gasteiger partial charge in [0.2, 0.25) is 0 Å². The van der Waals surface area contributed by atoms with Gasteiger partial charge in [0.25, 0.3) is 0 Å². The molecule has 0 aliphatic carbocycles. The number of nitrogens with one attached hydrogen (secondary N) is 1.